The maximum absolute atomic E-state index is 12.8. The molecule has 0 radical (unpaired) electrons. The lowest BCUT2D eigenvalue weighted by Gasteiger charge is -2.20. The lowest BCUT2D eigenvalue weighted by atomic mass is 10.1. The summed E-state index contributed by atoms with van der Waals surface area (Å²) in [5.41, 5.74) is 0.927. The van der Waals surface area contributed by atoms with E-state index in [2.05, 4.69) is 15.5 Å². The predicted octanol–water partition coefficient (Wildman–Crippen LogP) is 2.15. The lowest BCUT2D eigenvalue weighted by molar-refractivity contribution is -0.115. The van der Waals surface area contributed by atoms with E-state index in [0.717, 1.165) is 18.7 Å². The molecule has 1 aliphatic carbocycles. The van der Waals surface area contributed by atoms with Crippen LogP contribution in [0.4, 0.5) is 5.69 Å². The molecule has 0 saturated heterocycles. The Balaban J connectivity index is 1.40. The van der Waals surface area contributed by atoms with Crippen molar-refractivity contribution in [1.29, 1.82) is 0 Å². The Kier molecular flexibility index (Phi) is 5.75. The van der Waals surface area contributed by atoms with Crippen LogP contribution in [0.1, 0.15) is 40.7 Å². The van der Waals surface area contributed by atoms with E-state index in [9.17, 15) is 9.59 Å². The number of amides is 2. The first kappa shape index (κ1) is 20.0. The van der Waals surface area contributed by atoms with Crippen LogP contribution in [-0.4, -0.2) is 39.5 Å². The van der Waals surface area contributed by atoms with Gasteiger partial charge in [0, 0.05) is 13.0 Å². The third-order valence-electron chi connectivity index (χ3n) is 4.85. The summed E-state index contributed by atoms with van der Waals surface area (Å²) < 4.78 is 6.70. The fraction of sp³-hybridized carbons (Fsp3) is 0.300. The van der Waals surface area contributed by atoms with Crippen molar-refractivity contribution in [2.45, 2.75) is 30.5 Å². The normalized spacial score (nSPS) is 13.2. The lowest BCUT2D eigenvalue weighted by Crippen LogP contribution is -2.31. The van der Waals surface area contributed by atoms with Gasteiger partial charge in [0.05, 0.1) is 29.8 Å². The van der Waals surface area contributed by atoms with Crippen molar-refractivity contribution in [1.82, 2.24) is 20.2 Å². The third-order valence-corrected chi connectivity index (χ3v) is 5.77. The maximum atomic E-state index is 12.8. The van der Waals surface area contributed by atoms with Crippen LogP contribution in [0.15, 0.2) is 52.2 Å². The van der Waals surface area contributed by atoms with Crippen LogP contribution in [-0.2, 0) is 11.3 Å². The summed E-state index contributed by atoms with van der Waals surface area (Å²) in [4.78, 5) is 26.9. The molecule has 0 spiro atoms. The van der Waals surface area contributed by atoms with Gasteiger partial charge in [-0.1, -0.05) is 23.9 Å². The molecule has 0 bridgehead atoms. The largest absolute Gasteiger partial charge is 0.467 e. The molecule has 1 fully saturated rings. The standard InChI is InChI=1S/C20H22N6O3S/c1-25(17(27)12-30-20-24-23-18(26(20)21)13-8-9-13)16-7-3-2-6-15(16)19(28)22-11-14-5-4-10-29-14/h2-7,10,13H,8-9,11-12,21H2,1H3,(H,22,28). The van der Waals surface area contributed by atoms with E-state index in [1.165, 1.54) is 21.3 Å². The fourth-order valence-corrected chi connectivity index (χ4v) is 3.78. The number of carbonyl (C=O) groups excluding carboxylic acids is 2. The molecule has 2 heterocycles. The minimum atomic E-state index is -0.287. The number of rotatable bonds is 8. The molecular weight excluding hydrogens is 404 g/mol. The molecule has 1 saturated carbocycles. The number of aromatic nitrogens is 3. The van der Waals surface area contributed by atoms with Gasteiger partial charge in [-0.25, -0.2) is 4.68 Å². The van der Waals surface area contributed by atoms with Gasteiger partial charge in [0.15, 0.2) is 5.82 Å². The number of para-hydroxylation sites is 1. The molecule has 1 aliphatic rings. The summed E-state index contributed by atoms with van der Waals surface area (Å²) in [7, 11) is 1.64. The van der Waals surface area contributed by atoms with E-state index in [1.807, 2.05) is 0 Å². The highest BCUT2D eigenvalue weighted by atomic mass is 32.2. The molecule has 2 aromatic heterocycles. The zero-order valence-electron chi connectivity index (χ0n) is 16.4. The second-order valence-electron chi connectivity index (χ2n) is 7.01. The number of anilines is 1. The highest BCUT2D eigenvalue weighted by Crippen LogP contribution is 2.39. The van der Waals surface area contributed by atoms with E-state index in [1.54, 1.807) is 49.7 Å². The molecule has 1 aromatic carbocycles. The molecule has 156 valence electrons. The zero-order chi connectivity index (χ0) is 21.1. The minimum absolute atomic E-state index is 0.124. The van der Waals surface area contributed by atoms with Gasteiger partial charge in [0.25, 0.3) is 5.91 Å². The molecule has 0 atom stereocenters. The molecule has 2 amide bonds. The highest BCUT2D eigenvalue weighted by Gasteiger charge is 2.30. The number of furan rings is 1. The van der Waals surface area contributed by atoms with Gasteiger partial charge >= 0.3 is 0 Å². The fourth-order valence-electron chi connectivity index (χ4n) is 3.00. The first-order chi connectivity index (χ1) is 14.5. The smallest absolute Gasteiger partial charge is 0.253 e. The van der Waals surface area contributed by atoms with Gasteiger partial charge in [-0.2, -0.15) is 0 Å². The molecule has 0 unspecified atom stereocenters. The van der Waals surface area contributed by atoms with Gasteiger partial charge in [0.1, 0.15) is 5.76 Å². The Labute approximate surface area is 177 Å². The van der Waals surface area contributed by atoms with Crippen molar-refractivity contribution < 1.29 is 14.0 Å². The van der Waals surface area contributed by atoms with Crippen LogP contribution in [0.3, 0.4) is 0 Å². The highest BCUT2D eigenvalue weighted by molar-refractivity contribution is 7.99. The molecule has 0 aliphatic heterocycles. The summed E-state index contributed by atoms with van der Waals surface area (Å²) in [6.45, 7) is 0.267. The van der Waals surface area contributed by atoms with Crippen molar-refractivity contribution >= 4 is 29.3 Å². The zero-order valence-corrected chi connectivity index (χ0v) is 17.3. The van der Waals surface area contributed by atoms with E-state index >= 15 is 0 Å². The number of nitrogen functional groups attached to an aromatic ring is 1. The summed E-state index contributed by atoms with van der Waals surface area (Å²) in [6, 6.07) is 10.5. The van der Waals surface area contributed by atoms with Crippen LogP contribution >= 0.6 is 11.8 Å². The Morgan fingerprint density at radius 2 is 2.07 bits per heavy atom. The Hall–Kier alpha value is -3.27. The number of benzene rings is 1. The summed E-state index contributed by atoms with van der Waals surface area (Å²) in [5.74, 6) is 7.49. The van der Waals surface area contributed by atoms with Crippen LogP contribution in [0.2, 0.25) is 0 Å². The molecule has 10 heteroatoms. The number of nitrogens with two attached hydrogens (primary N) is 1. The number of carbonyl (C=O) groups is 2. The van der Waals surface area contributed by atoms with Gasteiger partial charge in [0.2, 0.25) is 11.1 Å². The van der Waals surface area contributed by atoms with Crippen LogP contribution in [0, 0.1) is 0 Å². The van der Waals surface area contributed by atoms with Crippen LogP contribution in [0.25, 0.3) is 0 Å². The second-order valence-corrected chi connectivity index (χ2v) is 7.95. The van der Waals surface area contributed by atoms with Crippen molar-refractivity contribution in [2.75, 3.05) is 23.5 Å². The van der Waals surface area contributed by atoms with Gasteiger partial charge in [-0.3, -0.25) is 9.59 Å². The first-order valence-corrected chi connectivity index (χ1v) is 10.5. The monoisotopic (exact) mass is 426 g/mol. The van der Waals surface area contributed by atoms with Crippen molar-refractivity contribution in [3.05, 3.63) is 59.8 Å². The van der Waals surface area contributed by atoms with Crippen molar-refractivity contribution in [3.63, 3.8) is 0 Å². The Morgan fingerprint density at radius 3 is 2.80 bits per heavy atom. The average Bonchev–Trinajstić information content (AvgIpc) is 3.33. The number of nitrogens with one attached hydrogen (secondary N) is 1. The number of nitrogens with zero attached hydrogens (tertiary/aromatic N) is 4. The first-order valence-electron chi connectivity index (χ1n) is 9.54. The SMILES string of the molecule is CN(C(=O)CSc1nnc(C2CC2)n1N)c1ccccc1C(=O)NCc1ccco1. The predicted molar refractivity (Wildman–Crippen MR) is 113 cm³/mol. The molecular formula is C20H22N6O3S. The molecule has 30 heavy (non-hydrogen) atoms. The van der Waals surface area contributed by atoms with E-state index in [0.29, 0.717) is 28.1 Å². The number of hydrogen-bond acceptors (Lipinski definition) is 7. The van der Waals surface area contributed by atoms with E-state index in [4.69, 9.17) is 10.3 Å². The van der Waals surface area contributed by atoms with Gasteiger partial charge < -0.3 is 20.5 Å². The molecule has 3 N–H and O–H groups in total. The summed E-state index contributed by atoms with van der Waals surface area (Å²) in [6.07, 6.45) is 3.69. The van der Waals surface area contributed by atoms with Crippen LogP contribution in [0.5, 0.6) is 0 Å². The maximum Gasteiger partial charge on any atom is 0.253 e. The summed E-state index contributed by atoms with van der Waals surface area (Å²) in [5, 5.41) is 11.5. The average molecular weight is 427 g/mol. The van der Waals surface area contributed by atoms with Gasteiger partial charge in [-0.15, -0.1) is 10.2 Å². The topological polar surface area (TPSA) is 119 Å². The van der Waals surface area contributed by atoms with Crippen LogP contribution < -0.4 is 16.1 Å². The Bertz CT molecular complexity index is 1040. The third kappa shape index (κ3) is 4.33. The second kappa shape index (κ2) is 8.62. The van der Waals surface area contributed by atoms with E-state index < -0.39 is 0 Å². The minimum Gasteiger partial charge on any atom is -0.467 e. The number of thioether (sulfide) groups is 1. The van der Waals surface area contributed by atoms with Crippen molar-refractivity contribution in [3.8, 4) is 0 Å². The number of hydrogen-bond donors (Lipinski definition) is 2. The molecule has 4 rings (SSSR count). The molecule has 9 nitrogen and oxygen atoms in total. The Morgan fingerprint density at radius 1 is 1.27 bits per heavy atom. The quantitative estimate of drug-likeness (QED) is 0.418. The van der Waals surface area contributed by atoms with E-state index in [-0.39, 0.29) is 24.1 Å². The van der Waals surface area contributed by atoms with Gasteiger partial charge in [-0.05, 0) is 37.1 Å². The van der Waals surface area contributed by atoms with Crippen molar-refractivity contribution in [2.24, 2.45) is 0 Å². The summed E-state index contributed by atoms with van der Waals surface area (Å²) >= 11 is 1.23. The molecule has 3 aromatic rings.